The lowest BCUT2D eigenvalue weighted by Crippen LogP contribution is -2.48. The Hall–Kier alpha value is -3.70. The first kappa shape index (κ1) is 28.1. The van der Waals surface area contributed by atoms with E-state index >= 15 is 4.39 Å². The third-order valence-corrected chi connectivity index (χ3v) is 12.4. The van der Waals surface area contributed by atoms with E-state index in [0.717, 1.165) is 29.5 Å². The van der Waals surface area contributed by atoms with Crippen LogP contribution in [0.2, 0.25) is 0 Å². The van der Waals surface area contributed by atoms with Crippen LogP contribution >= 0.6 is 23.3 Å². The molecule has 1 aliphatic carbocycles. The zero-order valence-corrected chi connectivity index (χ0v) is 25.8. The normalized spacial score (nSPS) is 20.4. The van der Waals surface area contributed by atoms with Gasteiger partial charge >= 0.3 is 0 Å². The number of morpholine rings is 1. The highest BCUT2D eigenvalue weighted by Gasteiger charge is 2.52. The molecule has 1 atom stereocenters. The Bertz CT molecular complexity index is 1820. The van der Waals surface area contributed by atoms with Crippen LogP contribution in [0.4, 0.5) is 21.6 Å². The van der Waals surface area contributed by atoms with Gasteiger partial charge in [0.1, 0.15) is 11.7 Å². The summed E-state index contributed by atoms with van der Waals surface area (Å²) in [5.41, 5.74) is 2.55. The highest BCUT2D eigenvalue weighted by Crippen LogP contribution is 2.66. The molecule has 0 N–H and O–H groups in total. The first-order valence-electron chi connectivity index (χ1n) is 14.1. The van der Waals surface area contributed by atoms with Crippen LogP contribution in [0.1, 0.15) is 24.1 Å². The molecule has 3 aliphatic rings. The van der Waals surface area contributed by atoms with Gasteiger partial charge in [-0.3, -0.25) is 10.1 Å². The number of hydrogen-bond donors (Lipinski definition) is 0. The summed E-state index contributed by atoms with van der Waals surface area (Å²) in [6.45, 7) is 4.22. The van der Waals surface area contributed by atoms with Crippen molar-refractivity contribution in [2.24, 2.45) is 9.74 Å². The minimum atomic E-state index is -2.99. The van der Waals surface area contributed by atoms with E-state index in [-0.39, 0.29) is 17.5 Å². The van der Waals surface area contributed by atoms with Gasteiger partial charge in [0.05, 0.1) is 50.5 Å². The molecule has 3 aromatic carbocycles. The zero-order valence-electron chi connectivity index (χ0n) is 23.3. The smallest absolute Gasteiger partial charge is 0.270 e. The van der Waals surface area contributed by atoms with Crippen LogP contribution in [0.5, 0.6) is 0 Å². The van der Waals surface area contributed by atoms with E-state index in [4.69, 9.17) is 19.6 Å². The average molecular weight is 664 g/mol. The van der Waals surface area contributed by atoms with Crippen LogP contribution in [-0.4, -0.2) is 62.2 Å². The fourth-order valence-corrected chi connectivity index (χ4v) is 10.6. The molecule has 1 aromatic heterocycles. The minimum absolute atomic E-state index is 0.0327. The molecule has 0 radical (unpaired) electrons. The molecular formula is C30H28BrFN7O3P. The van der Waals surface area contributed by atoms with Gasteiger partial charge in [0.15, 0.2) is 13.2 Å². The molecule has 0 spiro atoms. The number of benzene rings is 3. The number of aliphatic imine (C=N–C) groups is 1. The van der Waals surface area contributed by atoms with E-state index in [9.17, 15) is 10.1 Å². The number of halogens is 2. The molecule has 2 aliphatic heterocycles. The van der Waals surface area contributed by atoms with Gasteiger partial charge in [-0.2, -0.15) is 5.10 Å². The van der Waals surface area contributed by atoms with Crippen molar-refractivity contribution in [3.63, 3.8) is 0 Å². The largest absolute Gasteiger partial charge is 0.379 e. The number of aromatic nitrogens is 2. The van der Waals surface area contributed by atoms with E-state index < -0.39 is 12.3 Å². The molecule has 7 rings (SSSR count). The Morgan fingerprint density at radius 1 is 1.07 bits per heavy atom. The number of para-hydroxylation sites is 1. The van der Waals surface area contributed by atoms with Crippen molar-refractivity contribution in [2.75, 3.05) is 26.3 Å². The lowest BCUT2D eigenvalue weighted by atomic mass is 10.2. The van der Waals surface area contributed by atoms with Crippen LogP contribution in [0.15, 0.2) is 87.0 Å². The minimum Gasteiger partial charge on any atom is -0.379 e. The van der Waals surface area contributed by atoms with Crippen LogP contribution in [-0.2, 0) is 4.74 Å². The molecule has 2 fully saturated rings. The first-order valence-corrected chi connectivity index (χ1v) is 16.5. The van der Waals surface area contributed by atoms with E-state index in [2.05, 4.69) is 25.3 Å². The van der Waals surface area contributed by atoms with Gasteiger partial charge in [-0.25, -0.2) is 23.5 Å². The highest BCUT2D eigenvalue weighted by atomic mass is 79.9. The fraction of sp³-hybridized carbons (Fsp3) is 0.267. The Kier molecular flexibility index (Phi) is 7.25. The van der Waals surface area contributed by atoms with Gasteiger partial charge in [0.25, 0.3) is 5.69 Å². The van der Waals surface area contributed by atoms with Crippen LogP contribution in [0.25, 0.3) is 5.69 Å². The van der Waals surface area contributed by atoms with Gasteiger partial charge in [-0.05, 0) is 66.0 Å². The molecule has 1 unspecified atom stereocenters. The van der Waals surface area contributed by atoms with E-state index in [1.54, 1.807) is 18.2 Å². The number of ether oxygens (including phenoxy) is 1. The van der Waals surface area contributed by atoms with Crippen molar-refractivity contribution in [2.45, 2.75) is 25.8 Å². The molecule has 13 heteroatoms. The molecule has 43 heavy (non-hydrogen) atoms. The summed E-state index contributed by atoms with van der Waals surface area (Å²) in [5.74, 6) is 0.765. The number of nitrogens with zero attached hydrogens (tertiary/aromatic N) is 7. The summed E-state index contributed by atoms with van der Waals surface area (Å²) in [7, 11) is -2.99. The third kappa shape index (κ3) is 4.82. The van der Waals surface area contributed by atoms with Gasteiger partial charge in [0, 0.05) is 31.3 Å². The third-order valence-electron chi connectivity index (χ3n) is 7.81. The van der Waals surface area contributed by atoms with Crippen LogP contribution < -0.4 is 5.30 Å². The maximum atomic E-state index is 15.7. The van der Waals surface area contributed by atoms with Crippen molar-refractivity contribution in [1.82, 2.24) is 19.1 Å². The molecule has 0 amide bonds. The summed E-state index contributed by atoms with van der Waals surface area (Å²) in [4.78, 5) is 16.4. The predicted octanol–water partition coefficient (Wildman–Crippen LogP) is 6.87. The molecule has 220 valence electrons. The molecule has 3 heterocycles. The van der Waals surface area contributed by atoms with Crippen molar-refractivity contribution in [3.05, 3.63) is 104 Å². The van der Waals surface area contributed by atoms with E-state index in [1.165, 1.54) is 18.2 Å². The second-order valence-electron chi connectivity index (χ2n) is 10.6. The van der Waals surface area contributed by atoms with Crippen LogP contribution in [0, 0.1) is 22.9 Å². The molecule has 0 bridgehead atoms. The van der Waals surface area contributed by atoms with Gasteiger partial charge in [-0.1, -0.05) is 30.3 Å². The van der Waals surface area contributed by atoms with Gasteiger partial charge in [0.2, 0.25) is 0 Å². The SMILES string of the molecule is Cc1nn(-c2ccccc2)c2c1P(=Nc1ccc([N+](=O)[O-])cc1Br)(N1CCOCC1)N(C1CC1)C(c1ccccc1F)=N2. The number of aryl methyl sites for hydroxylation is 1. The molecule has 1 saturated carbocycles. The molecule has 4 aromatic rings. The zero-order chi connectivity index (χ0) is 29.7. The monoisotopic (exact) mass is 663 g/mol. The second-order valence-corrected chi connectivity index (χ2v) is 14.3. The summed E-state index contributed by atoms with van der Waals surface area (Å²) < 4.78 is 34.1. The van der Waals surface area contributed by atoms with E-state index in [1.807, 2.05) is 48.0 Å². The number of hydrogen-bond acceptors (Lipinski definition) is 6. The second kappa shape index (κ2) is 11.1. The van der Waals surface area contributed by atoms with Crippen molar-refractivity contribution in [3.8, 4) is 5.69 Å². The topological polar surface area (TPSA) is 101 Å². The lowest BCUT2D eigenvalue weighted by Gasteiger charge is -2.48. The lowest BCUT2D eigenvalue weighted by molar-refractivity contribution is -0.384. The van der Waals surface area contributed by atoms with Gasteiger partial charge < -0.3 is 9.41 Å². The number of rotatable bonds is 6. The number of fused-ring (bicyclic) bond motifs is 1. The Labute approximate surface area is 256 Å². The number of non-ortho nitro benzene ring substituents is 1. The Morgan fingerprint density at radius 3 is 2.47 bits per heavy atom. The quantitative estimate of drug-likeness (QED) is 0.127. The van der Waals surface area contributed by atoms with Crippen molar-refractivity contribution in [1.29, 1.82) is 0 Å². The number of nitro benzene ring substituents is 1. The van der Waals surface area contributed by atoms with E-state index in [0.29, 0.717) is 53.7 Å². The Balaban J connectivity index is 1.61. The summed E-state index contributed by atoms with van der Waals surface area (Å²) >= 11 is 3.58. The highest BCUT2D eigenvalue weighted by molar-refractivity contribution is 9.10. The fourth-order valence-electron chi connectivity index (χ4n) is 5.76. The molecule has 1 saturated heterocycles. The molecule has 10 nitrogen and oxygen atoms in total. The molecular weight excluding hydrogens is 636 g/mol. The first-order chi connectivity index (χ1) is 20.9. The van der Waals surface area contributed by atoms with Gasteiger partial charge in [-0.15, -0.1) is 0 Å². The predicted molar refractivity (Wildman–Crippen MR) is 168 cm³/mol. The standard InChI is InChI=1S/C30H28BrFN7O3P/c1-20-28-30(37(34-20)21-7-3-2-4-8-21)33-29(24-9-5-6-10-26(24)32)38(22-11-12-22)43(28,36-15-17-42-18-16-36)35-27-14-13-23(39(40)41)19-25(27)31/h2-10,13-14,19,22H,11-12,15-18H2,1H3. The van der Waals surface area contributed by atoms with Crippen molar-refractivity contribution >= 4 is 51.6 Å². The van der Waals surface area contributed by atoms with Crippen molar-refractivity contribution < 1.29 is 14.1 Å². The maximum Gasteiger partial charge on any atom is 0.270 e. The number of amidine groups is 1. The average Bonchev–Trinajstić information content (AvgIpc) is 3.80. The summed E-state index contributed by atoms with van der Waals surface area (Å²) in [6.07, 6.45) is 1.83. The summed E-state index contributed by atoms with van der Waals surface area (Å²) in [6, 6.07) is 21.2. The summed E-state index contributed by atoms with van der Waals surface area (Å²) in [5, 5.41) is 17.5. The van der Waals surface area contributed by atoms with Crippen LogP contribution in [0.3, 0.4) is 0 Å². The Morgan fingerprint density at radius 2 is 1.79 bits per heavy atom. The number of nitro groups is 1. The maximum absolute atomic E-state index is 15.7.